The van der Waals surface area contributed by atoms with E-state index in [-0.39, 0.29) is 0 Å². The van der Waals surface area contributed by atoms with Crippen molar-refractivity contribution in [1.82, 2.24) is 19.1 Å². The van der Waals surface area contributed by atoms with Crippen LogP contribution in [0.1, 0.15) is 12.5 Å². The number of ether oxygens (including phenoxy) is 2. The van der Waals surface area contributed by atoms with Crippen molar-refractivity contribution in [1.29, 1.82) is 0 Å². The summed E-state index contributed by atoms with van der Waals surface area (Å²) >= 11 is 0. The third kappa shape index (κ3) is 10.8. The van der Waals surface area contributed by atoms with Gasteiger partial charge < -0.3 is 39.3 Å². The van der Waals surface area contributed by atoms with Crippen molar-refractivity contribution < 1.29 is 79.5 Å². The molecule has 4 unspecified atom stereocenters. The summed E-state index contributed by atoms with van der Waals surface area (Å²) in [4.78, 5) is 95.0. The first kappa shape index (κ1) is 42.1. The van der Waals surface area contributed by atoms with E-state index in [9.17, 15) is 67.2 Å². The van der Waals surface area contributed by atoms with Gasteiger partial charge in [-0.2, -0.15) is 12.9 Å². The van der Waals surface area contributed by atoms with Gasteiger partial charge in [0, 0.05) is 34.3 Å². The fraction of sp³-hybridized carbons (Fsp3) is 0.556. The van der Waals surface area contributed by atoms with Gasteiger partial charge in [0.05, 0.1) is 37.5 Å². The van der Waals surface area contributed by atoms with Crippen LogP contribution < -0.4 is 22.5 Å². The summed E-state index contributed by atoms with van der Waals surface area (Å²) in [5.74, 6) is 0. The molecule has 292 valence electrons. The molecule has 0 radical (unpaired) electrons. The SMILES string of the molecule is [N-]=[N+]=N[C@H]1[C@@H](O)[C@@H](n2ccc(=O)[nH]c2=O)O[C@@H]1COP(=O)(O)OP(=O)(O)OP(=O)(O)OP(=O)(O)OC[C@H]1O[C@H](n2ccc(=O)[nH]c2=O)[C@H](O)[C@@H]1N=[N+]=[N-]. The molecule has 0 amide bonds. The van der Waals surface area contributed by atoms with Gasteiger partial charge in [-0.3, -0.25) is 37.7 Å². The summed E-state index contributed by atoms with van der Waals surface area (Å²) in [6.07, 6.45) is -8.68. The van der Waals surface area contributed by atoms with Crippen molar-refractivity contribution in [2.75, 3.05) is 13.2 Å². The van der Waals surface area contributed by atoms with E-state index in [0.717, 1.165) is 24.5 Å². The number of aromatic nitrogens is 4. The topological polar surface area (TPSA) is 462 Å². The summed E-state index contributed by atoms with van der Waals surface area (Å²) in [5.41, 5.74) is 13.8. The number of nitrogens with one attached hydrogen (secondary N) is 2. The largest absolute Gasteiger partial charge is 0.490 e. The van der Waals surface area contributed by atoms with E-state index in [1.807, 2.05) is 9.97 Å². The smallest absolute Gasteiger partial charge is 0.388 e. The minimum absolute atomic E-state index is 0.649. The number of nitrogens with zero attached hydrogens (tertiary/aromatic N) is 8. The second-order valence-electron chi connectivity index (χ2n) is 10.2. The molecule has 31 nitrogen and oxygen atoms in total. The molecule has 0 aromatic carbocycles. The van der Waals surface area contributed by atoms with Crippen molar-refractivity contribution in [2.45, 2.75) is 49.0 Å². The molecule has 0 spiro atoms. The Labute approximate surface area is 289 Å². The zero-order valence-electron chi connectivity index (χ0n) is 25.5. The van der Waals surface area contributed by atoms with Gasteiger partial charge in [0.15, 0.2) is 12.5 Å². The van der Waals surface area contributed by atoms with Crippen molar-refractivity contribution in [3.63, 3.8) is 0 Å². The lowest BCUT2D eigenvalue weighted by Crippen LogP contribution is -2.37. The zero-order chi connectivity index (χ0) is 39.5. The van der Waals surface area contributed by atoms with Crippen LogP contribution in [0.25, 0.3) is 20.9 Å². The number of hydrogen-bond acceptors (Lipinski definition) is 19. The maximum atomic E-state index is 12.4. The maximum absolute atomic E-state index is 12.4. The third-order valence-corrected chi connectivity index (χ3v) is 12.6. The molecule has 0 saturated carbocycles. The first-order valence-electron chi connectivity index (χ1n) is 13.7. The Morgan fingerprint density at radius 3 is 1.34 bits per heavy atom. The summed E-state index contributed by atoms with van der Waals surface area (Å²) in [5, 5.41) is 27.5. The Morgan fingerprint density at radius 1 is 0.679 bits per heavy atom. The molecule has 35 heteroatoms. The molecular weight excluding hydrogens is 816 g/mol. The fourth-order valence-electron chi connectivity index (χ4n) is 4.66. The van der Waals surface area contributed by atoms with E-state index < -0.39 is 116 Å². The van der Waals surface area contributed by atoms with Gasteiger partial charge in [-0.05, 0) is 11.1 Å². The molecule has 2 aromatic rings. The number of hydrogen-bond donors (Lipinski definition) is 8. The van der Waals surface area contributed by atoms with E-state index in [2.05, 4.69) is 42.0 Å². The predicted molar refractivity (Wildman–Crippen MR) is 163 cm³/mol. The molecule has 4 rings (SSSR count). The van der Waals surface area contributed by atoms with E-state index in [1.165, 1.54) is 0 Å². The average molecular weight is 840 g/mol. The van der Waals surface area contributed by atoms with E-state index in [0.29, 0.717) is 9.13 Å². The normalized spacial score (nSPS) is 30.2. The zero-order valence-corrected chi connectivity index (χ0v) is 29.1. The molecule has 8 N–H and O–H groups in total. The van der Waals surface area contributed by atoms with Crippen molar-refractivity contribution in [2.24, 2.45) is 10.2 Å². The van der Waals surface area contributed by atoms with Crippen molar-refractivity contribution in [3.05, 3.63) is 87.1 Å². The van der Waals surface area contributed by atoms with E-state index >= 15 is 0 Å². The Morgan fingerprint density at radius 2 is 1.02 bits per heavy atom. The Hall–Kier alpha value is -3.62. The number of aromatic amines is 2. The quantitative estimate of drug-likeness (QED) is 0.0410. The predicted octanol–water partition coefficient (Wildman–Crippen LogP) is -1.55. The number of rotatable bonds is 16. The lowest BCUT2D eigenvalue weighted by Gasteiger charge is -2.21. The minimum Gasteiger partial charge on any atom is -0.388 e. The molecule has 4 heterocycles. The summed E-state index contributed by atoms with van der Waals surface area (Å²) in [6, 6.07) is -1.61. The van der Waals surface area contributed by atoms with Crippen molar-refractivity contribution in [3.8, 4) is 0 Å². The van der Waals surface area contributed by atoms with Gasteiger partial charge in [0.2, 0.25) is 0 Å². The van der Waals surface area contributed by atoms with E-state index in [1.54, 1.807) is 0 Å². The molecular formula is C18H24N10O21P4. The molecule has 2 saturated heterocycles. The molecule has 2 aromatic heterocycles. The van der Waals surface area contributed by atoms with Crippen LogP contribution in [0.5, 0.6) is 0 Å². The molecule has 12 atom stereocenters. The van der Waals surface area contributed by atoms with Crippen LogP contribution in [0.3, 0.4) is 0 Å². The number of phosphoric ester groups is 2. The monoisotopic (exact) mass is 840 g/mol. The lowest BCUT2D eigenvalue weighted by molar-refractivity contribution is -0.0527. The Balaban J connectivity index is 1.37. The van der Waals surface area contributed by atoms with Gasteiger partial charge in [-0.25, -0.2) is 27.8 Å². The van der Waals surface area contributed by atoms with Crippen LogP contribution in [0.4, 0.5) is 0 Å². The fourth-order valence-corrected chi connectivity index (χ4v) is 9.61. The Kier molecular flexibility index (Phi) is 13.0. The molecule has 53 heavy (non-hydrogen) atoms. The summed E-state index contributed by atoms with van der Waals surface area (Å²) in [6.45, 7) is -2.44. The van der Waals surface area contributed by atoms with Crippen LogP contribution >= 0.6 is 31.3 Å². The van der Waals surface area contributed by atoms with Crippen LogP contribution in [-0.4, -0.2) is 98.6 Å². The molecule has 2 aliphatic heterocycles. The highest BCUT2D eigenvalue weighted by molar-refractivity contribution is 7.69. The first-order chi connectivity index (χ1) is 24.6. The van der Waals surface area contributed by atoms with Crippen LogP contribution in [0.15, 0.2) is 53.9 Å². The number of azide groups is 2. The molecule has 2 aliphatic rings. The highest BCUT2D eigenvalue weighted by atomic mass is 31.3. The summed E-state index contributed by atoms with van der Waals surface area (Å²) in [7, 11) is -24.4. The average Bonchev–Trinajstić information content (AvgIpc) is 3.49. The Bertz CT molecular complexity index is 2080. The number of aliphatic hydroxyl groups is 2. The maximum Gasteiger partial charge on any atom is 0.490 e. The third-order valence-electron chi connectivity index (χ3n) is 6.72. The van der Waals surface area contributed by atoms with Crippen LogP contribution in [0, 0.1) is 0 Å². The lowest BCUT2D eigenvalue weighted by atomic mass is 10.1. The summed E-state index contributed by atoms with van der Waals surface area (Å²) < 4.78 is 81.8. The highest BCUT2D eigenvalue weighted by Gasteiger charge is 2.50. The standard InChI is InChI=1S/C18H24N10O21P4/c19-25-23-11-7(45-15(13(11)31)27-3-1-9(29)21-17(27)33)5-43-50(35,36)47-52(39,40)49-53(41,42)48-51(37,38)44-6-8-12(24-26-20)14(32)16(46-8)28-4-2-10(30)22-18(28)34/h1-4,7-8,11-16,31-32H,5-6H2,(H,35,36)(H,37,38)(H,39,40)(H,41,42)(H,21,29,33)(H,22,30,34)/t7-,8-,11-,12-,13-,14-,15+,16+/m1/s1. The molecule has 2 fully saturated rings. The second-order valence-corrected chi connectivity index (χ2v) is 16.5. The number of phosphoric acid groups is 4. The van der Waals surface area contributed by atoms with Gasteiger partial charge in [0.25, 0.3) is 11.1 Å². The van der Waals surface area contributed by atoms with Gasteiger partial charge in [0.1, 0.15) is 12.2 Å². The van der Waals surface area contributed by atoms with Gasteiger partial charge in [-0.1, -0.05) is 10.2 Å². The number of H-pyrrole nitrogens is 2. The first-order valence-corrected chi connectivity index (χ1v) is 19.7. The molecule has 0 aliphatic carbocycles. The van der Waals surface area contributed by atoms with Gasteiger partial charge in [-0.15, -0.1) is 0 Å². The van der Waals surface area contributed by atoms with Crippen molar-refractivity contribution >= 4 is 31.3 Å². The van der Waals surface area contributed by atoms with Gasteiger partial charge >= 0.3 is 42.7 Å². The van der Waals surface area contributed by atoms with E-state index in [4.69, 9.17) is 20.5 Å². The van der Waals surface area contributed by atoms with Crippen LogP contribution in [-0.2, 0) is 49.7 Å². The minimum atomic E-state index is -6.30. The molecule has 0 bridgehead atoms. The van der Waals surface area contributed by atoms with Crippen LogP contribution in [0.2, 0.25) is 0 Å². The highest BCUT2D eigenvalue weighted by Crippen LogP contribution is 2.71. The number of aliphatic hydroxyl groups excluding tert-OH is 2. The second kappa shape index (κ2) is 16.4.